The van der Waals surface area contributed by atoms with E-state index >= 15 is 0 Å². The number of quaternary nitrogens is 1. The van der Waals surface area contributed by atoms with E-state index in [4.69, 9.17) is 32.7 Å². The Hall–Kier alpha value is -1.13. The van der Waals surface area contributed by atoms with Crippen molar-refractivity contribution in [2.75, 3.05) is 13.2 Å². The number of hydrogen-bond donors (Lipinski definition) is 1. The Bertz CT molecular complexity index is 482. The Balaban J connectivity index is 0.00000220. The molecule has 0 atom stereocenters. The van der Waals surface area contributed by atoms with Crippen LogP contribution in [0.4, 0.5) is 0 Å². The second-order valence-corrected chi connectivity index (χ2v) is 5.27. The van der Waals surface area contributed by atoms with E-state index in [1.54, 1.807) is 24.3 Å². The predicted molar refractivity (Wildman–Crippen MR) is 80.6 cm³/mol. The molecule has 0 saturated heterocycles. The zero-order valence-corrected chi connectivity index (χ0v) is 13.5. The van der Waals surface area contributed by atoms with Gasteiger partial charge in [-0.3, -0.25) is 0 Å². The summed E-state index contributed by atoms with van der Waals surface area (Å²) in [6, 6.07) is 14.5. The summed E-state index contributed by atoms with van der Waals surface area (Å²) in [6.07, 6.45) is 0. The van der Waals surface area contributed by atoms with E-state index in [9.17, 15) is 0 Å². The van der Waals surface area contributed by atoms with E-state index in [1.807, 2.05) is 24.3 Å². The summed E-state index contributed by atoms with van der Waals surface area (Å²) in [6.45, 7) is 0.963. The predicted octanol–water partition coefficient (Wildman–Crippen LogP) is 0.0657. The maximum atomic E-state index is 5.81. The molecule has 2 aromatic rings. The van der Waals surface area contributed by atoms with Crippen LogP contribution < -0.4 is 27.6 Å². The first-order valence-corrected chi connectivity index (χ1v) is 6.99. The molecular formula is C15H16Cl3NO2. The molecule has 2 rings (SSSR count). The fraction of sp³-hybridized carbons (Fsp3) is 0.200. The molecule has 0 bridgehead atoms. The average Bonchev–Trinajstić information content (AvgIpc) is 2.46. The highest BCUT2D eigenvalue weighted by Crippen LogP contribution is 2.16. The average molecular weight is 349 g/mol. The Labute approximate surface area is 140 Å². The molecule has 2 aromatic carbocycles. The highest BCUT2D eigenvalue weighted by Gasteiger charge is 2.08. The van der Waals surface area contributed by atoms with Crippen LogP contribution in [0.5, 0.6) is 11.5 Å². The van der Waals surface area contributed by atoms with Gasteiger partial charge in [0.15, 0.2) is 6.04 Å². The quantitative estimate of drug-likeness (QED) is 0.803. The number of ether oxygens (including phenoxy) is 2. The van der Waals surface area contributed by atoms with Crippen molar-refractivity contribution in [3.8, 4) is 11.5 Å². The van der Waals surface area contributed by atoms with Gasteiger partial charge < -0.3 is 27.6 Å². The SMILES string of the molecule is [Cl-].[NH3+]C(COc1ccc(Cl)cc1)COc1ccc(Cl)cc1. The molecule has 0 aliphatic carbocycles. The first-order chi connectivity index (χ1) is 9.63. The van der Waals surface area contributed by atoms with Gasteiger partial charge in [-0.2, -0.15) is 0 Å². The van der Waals surface area contributed by atoms with Crippen LogP contribution in [-0.2, 0) is 0 Å². The van der Waals surface area contributed by atoms with Crippen molar-refractivity contribution in [2.45, 2.75) is 6.04 Å². The van der Waals surface area contributed by atoms with Crippen molar-refractivity contribution in [3.05, 3.63) is 58.6 Å². The van der Waals surface area contributed by atoms with E-state index in [2.05, 4.69) is 5.73 Å². The largest absolute Gasteiger partial charge is 1.00 e. The molecule has 0 aromatic heterocycles. The topological polar surface area (TPSA) is 46.1 Å². The summed E-state index contributed by atoms with van der Waals surface area (Å²) in [5.41, 5.74) is 4.00. The van der Waals surface area contributed by atoms with Crippen molar-refractivity contribution in [3.63, 3.8) is 0 Å². The summed E-state index contributed by atoms with van der Waals surface area (Å²) in [7, 11) is 0. The van der Waals surface area contributed by atoms with Crippen molar-refractivity contribution in [1.82, 2.24) is 0 Å². The third-order valence-corrected chi connectivity index (χ3v) is 3.10. The van der Waals surface area contributed by atoms with E-state index < -0.39 is 0 Å². The van der Waals surface area contributed by atoms with E-state index in [0.717, 1.165) is 11.5 Å². The zero-order chi connectivity index (χ0) is 14.4. The van der Waals surface area contributed by atoms with Crippen molar-refractivity contribution in [1.29, 1.82) is 0 Å². The summed E-state index contributed by atoms with van der Waals surface area (Å²) in [4.78, 5) is 0. The Kier molecular flexibility index (Phi) is 7.68. The van der Waals surface area contributed by atoms with Crippen LogP contribution >= 0.6 is 23.2 Å². The Morgan fingerprint density at radius 2 is 1.10 bits per heavy atom. The molecule has 0 spiro atoms. The van der Waals surface area contributed by atoms with Crippen LogP contribution in [0.1, 0.15) is 0 Å². The molecule has 0 aliphatic heterocycles. The minimum atomic E-state index is 0. The van der Waals surface area contributed by atoms with Gasteiger partial charge in [-0.05, 0) is 48.5 Å². The van der Waals surface area contributed by atoms with Gasteiger partial charge in [0, 0.05) is 10.0 Å². The molecule has 0 aliphatic rings. The van der Waals surface area contributed by atoms with Crippen molar-refractivity contribution < 1.29 is 27.6 Å². The molecule has 114 valence electrons. The third-order valence-electron chi connectivity index (χ3n) is 2.60. The van der Waals surface area contributed by atoms with Gasteiger partial charge in [0.2, 0.25) is 0 Å². The molecule has 3 N–H and O–H groups in total. The lowest BCUT2D eigenvalue weighted by molar-refractivity contribution is -0.427. The van der Waals surface area contributed by atoms with Gasteiger partial charge in [-0.25, -0.2) is 0 Å². The summed E-state index contributed by atoms with van der Waals surface area (Å²) < 4.78 is 11.2. The van der Waals surface area contributed by atoms with Gasteiger partial charge in [-0.1, -0.05) is 23.2 Å². The van der Waals surface area contributed by atoms with Crippen molar-refractivity contribution >= 4 is 23.2 Å². The van der Waals surface area contributed by atoms with Gasteiger partial charge >= 0.3 is 0 Å². The second-order valence-electron chi connectivity index (χ2n) is 4.40. The molecule has 0 fully saturated rings. The minimum absolute atomic E-state index is 0. The smallest absolute Gasteiger partial charge is 0.153 e. The Morgan fingerprint density at radius 1 is 0.762 bits per heavy atom. The molecular weight excluding hydrogens is 333 g/mol. The molecule has 0 amide bonds. The van der Waals surface area contributed by atoms with Gasteiger partial charge in [0.1, 0.15) is 24.7 Å². The van der Waals surface area contributed by atoms with Crippen molar-refractivity contribution in [2.24, 2.45) is 0 Å². The van der Waals surface area contributed by atoms with Crippen LogP contribution in [0.25, 0.3) is 0 Å². The van der Waals surface area contributed by atoms with Gasteiger partial charge in [-0.15, -0.1) is 0 Å². The molecule has 6 heteroatoms. The molecule has 0 radical (unpaired) electrons. The highest BCUT2D eigenvalue weighted by atomic mass is 35.5. The molecule has 0 heterocycles. The van der Waals surface area contributed by atoms with Crippen LogP contribution in [0.2, 0.25) is 10.0 Å². The normalized spacial score (nSPS) is 10.1. The van der Waals surface area contributed by atoms with Gasteiger partial charge in [0.25, 0.3) is 0 Å². The summed E-state index contributed by atoms with van der Waals surface area (Å²) in [5, 5.41) is 1.38. The maximum Gasteiger partial charge on any atom is 0.153 e. The number of benzene rings is 2. The fourth-order valence-electron chi connectivity index (χ4n) is 1.54. The lowest BCUT2D eigenvalue weighted by Gasteiger charge is -2.12. The fourth-order valence-corrected chi connectivity index (χ4v) is 1.79. The first-order valence-electron chi connectivity index (χ1n) is 6.23. The van der Waals surface area contributed by atoms with E-state index in [0.29, 0.717) is 23.3 Å². The minimum Gasteiger partial charge on any atom is -1.00 e. The van der Waals surface area contributed by atoms with Crippen LogP contribution in [-0.4, -0.2) is 19.3 Å². The Morgan fingerprint density at radius 3 is 1.43 bits per heavy atom. The number of hydrogen-bond acceptors (Lipinski definition) is 2. The molecule has 0 saturated carbocycles. The zero-order valence-electron chi connectivity index (χ0n) is 11.3. The van der Waals surface area contributed by atoms with E-state index in [1.165, 1.54) is 0 Å². The van der Waals surface area contributed by atoms with Crippen LogP contribution in [0, 0.1) is 0 Å². The molecule has 21 heavy (non-hydrogen) atoms. The number of rotatable bonds is 6. The summed E-state index contributed by atoms with van der Waals surface area (Å²) in [5.74, 6) is 1.55. The van der Waals surface area contributed by atoms with Gasteiger partial charge in [0.05, 0.1) is 0 Å². The maximum absolute atomic E-state index is 5.81. The first kappa shape index (κ1) is 17.9. The van der Waals surface area contributed by atoms with E-state index in [-0.39, 0.29) is 18.4 Å². The number of halogens is 3. The lowest BCUT2D eigenvalue weighted by atomic mass is 10.3. The monoisotopic (exact) mass is 347 g/mol. The highest BCUT2D eigenvalue weighted by molar-refractivity contribution is 6.30. The van der Waals surface area contributed by atoms with Crippen LogP contribution in [0.15, 0.2) is 48.5 Å². The summed E-state index contributed by atoms with van der Waals surface area (Å²) >= 11 is 11.6. The molecule has 3 nitrogen and oxygen atoms in total. The van der Waals surface area contributed by atoms with Crippen LogP contribution in [0.3, 0.4) is 0 Å². The third kappa shape index (κ3) is 6.44. The molecule has 0 unspecified atom stereocenters. The second kappa shape index (κ2) is 9.00. The standard InChI is InChI=1S/C15H15Cl2NO2.ClH/c16-11-1-5-14(6-2-11)19-9-13(18)10-20-15-7-3-12(17)4-8-15;/h1-8,13H,9-10,18H2;1H. The lowest BCUT2D eigenvalue weighted by Crippen LogP contribution is -3.00.